The normalized spacial score (nSPS) is 18.9. The SMILES string of the molecule is O=C1CCC(n2c3ccccc3c3c(Br)ccnc32)C(=O)N1. The van der Waals surface area contributed by atoms with E-state index in [9.17, 15) is 9.59 Å². The van der Waals surface area contributed by atoms with Crippen LogP contribution in [0.2, 0.25) is 0 Å². The van der Waals surface area contributed by atoms with Crippen molar-refractivity contribution in [2.24, 2.45) is 0 Å². The number of para-hydroxylation sites is 1. The van der Waals surface area contributed by atoms with Crippen LogP contribution in [-0.2, 0) is 9.59 Å². The number of pyridine rings is 1. The van der Waals surface area contributed by atoms with Gasteiger partial charge in [-0.2, -0.15) is 0 Å². The van der Waals surface area contributed by atoms with Gasteiger partial charge in [-0.05, 0) is 34.5 Å². The minimum absolute atomic E-state index is 0.212. The Bertz CT molecular complexity index is 932. The molecule has 1 aliphatic heterocycles. The smallest absolute Gasteiger partial charge is 0.249 e. The monoisotopic (exact) mass is 357 g/mol. The van der Waals surface area contributed by atoms with Crippen LogP contribution < -0.4 is 5.32 Å². The fraction of sp³-hybridized carbons (Fsp3) is 0.188. The van der Waals surface area contributed by atoms with Gasteiger partial charge in [0.1, 0.15) is 11.7 Å². The molecule has 1 saturated heterocycles. The maximum absolute atomic E-state index is 12.3. The average Bonchev–Trinajstić information content (AvgIpc) is 2.83. The van der Waals surface area contributed by atoms with E-state index in [0.717, 1.165) is 26.4 Å². The first-order valence-corrected chi connectivity index (χ1v) is 7.83. The number of hydrogen-bond acceptors (Lipinski definition) is 3. The van der Waals surface area contributed by atoms with Crippen LogP contribution in [0.15, 0.2) is 41.0 Å². The van der Waals surface area contributed by atoms with E-state index in [2.05, 4.69) is 26.2 Å². The molecule has 1 aromatic carbocycles. The molecule has 0 saturated carbocycles. The van der Waals surface area contributed by atoms with Gasteiger partial charge in [-0.15, -0.1) is 0 Å². The number of halogens is 1. The summed E-state index contributed by atoms with van der Waals surface area (Å²) in [5.74, 6) is -0.475. The summed E-state index contributed by atoms with van der Waals surface area (Å²) < 4.78 is 2.89. The Labute approximate surface area is 134 Å². The van der Waals surface area contributed by atoms with E-state index in [1.807, 2.05) is 34.9 Å². The Hall–Kier alpha value is -2.21. The van der Waals surface area contributed by atoms with Crippen molar-refractivity contribution in [2.45, 2.75) is 18.9 Å². The van der Waals surface area contributed by atoms with E-state index < -0.39 is 6.04 Å². The van der Waals surface area contributed by atoms with Gasteiger partial charge in [0.2, 0.25) is 11.8 Å². The van der Waals surface area contributed by atoms with Crippen molar-refractivity contribution >= 4 is 49.7 Å². The van der Waals surface area contributed by atoms with Crippen LogP contribution in [-0.4, -0.2) is 21.4 Å². The molecular formula is C16H12BrN3O2. The zero-order valence-electron chi connectivity index (χ0n) is 11.5. The lowest BCUT2D eigenvalue weighted by atomic mass is 10.1. The summed E-state index contributed by atoms with van der Waals surface area (Å²) in [5.41, 5.74) is 1.71. The molecule has 1 atom stereocenters. The molecular weight excluding hydrogens is 346 g/mol. The number of benzene rings is 1. The summed E-state index contributed by atoms with van der Waals surface area (Å²) in [6.45, 7) is 0. The van der Waals surface area contributed by atoms with Crippen LogP contribution in [0, 0.1) is 0 Å². The van der Waals surface area contributed by atoms with Crippen molar-refractivity contribution in [3.63, 3.8) is 0 Å². The molecule has 0 spiro atoms. The molecule has 1 aliphatic rings. The molecule has 3 aromatic rings. The number of fused-ring (bicyclic) bond motifs is 3. The molecule has 110 valence electrons. The number of nitrogens with one attached hydrogen (secondary N) is 1. The quantitative estimate of drug-likeness (QED) is 0.681. The number of piperidine rings is 1. The van der Waals surface area contributed by atoms with Gasteiger partial charge in [-0.1, -0.05) is 18.2 Å². The van der Waals surface area contributed by atoms with Gasteiger partial charge in [-0.25, -0.2) is 4.98 Å². The Morgan fingerprint density at radius 2 is 2.05 bits per heavy atom. The molecule has 1 fully saturated rings. The molecule has 4 rings (SSSR count). The summed E-state index contributed by atoms with van der Waals surface area (Å²) in [6.07, 6.45) is 2.55. The van der Waals surface area contributed by atoms with Crippen molar-refractivity contribution in [3.8, 4) is 0 Å². The number of imide groups is 1. The zero-order chi connectivity index (χ0) is 15.3. The first-order valence-electron chi connectivity index (χ1n) is 7.03. The van der Waals surface area contributed by atoms with Crippen molar-refractivity contribution in [3.05, 3.63) is 41.0 Å². The van der Waals surface area contributed by atoms with Crippen molar-refractivity contribution in [2.75, 3.05) is 0 Å². The fourth-order valence-corrected chi connectivity index (χ4v) is 3.62. The van der Waals surface area contributed by atoms with Gasteiger partial charge < -0.3 is 4.57 Å². The number of carbonyl (C=O) groups is 2. The number of nitrogens with zero attached hydrogens (tertiary/aromatic N) is 2. The molecule has 3 heterocycles. The molecule has 0 radical (unpaired) electrons. The highest BCUT2D eigenvalue weighted by Crippen LogP contribution is 2.36. The Balaban J connectivity index is 2.05. The predicted molar refractivity (Wildman–Crippen MR) is 86.4 cm³/mol. The van der Waals surface area contributed by atoms with Gasteiger partial charge in [0, 0.05) is 27.9 Å². The van der Waals surface area contributed by atoms with Gasteiger partial charge in [0.15, 0.2) is 0 Å². The number of carbonyl (C=O) groups excluding carboxylic acids is 2. The lowest BCUT2D eigenvalue weighted by Gasteiger charge is -2.23. The van der Waals surface area contributed by atoms with E-state index in [-0.39, 0.29) is 11.8 Å². The standard InChI is InChI=1S/C16H12BrN3O2/c17-10-7-8-18-15-14(10)9-3-1-2-4-11(9)20(15)12-5-6-13(21)19-16(12)22/h1-4,7-8,12H,5-6H2,(H,19,21,22). The maximum atomic E-state index is 12.3. The summed E-state index contributed by atoms with van der Waals surface area (Å²) in [5, 5.41) is 4.46. The largest absolute Gasteiger partial charge is 0.313 e. The number of rotatable bonds is 1. The molecule has 6 heteroatoms. The van der Waals surface area contributed by atoms with Gasteiger partial charge in [0.05, 0.1) is 5.52 Å². The fourth-order valence-electron chi connectivity index (χ4n) is 3.11. The highest BCUT2D eigenvalue weighted by molar-refractivity contribution is 9.10. The van der Waals surface area contributed by atoms with E-state index in [1.165, 1.54) is 0 Å². The molecule has 2 aromatic heterocycles. The number of hydrogen-bond donors (Lipinski definition) is 1. The van der Waals surface area contributed by atoms with E-state index in [4.69, 9.17) is 0 Å². The van der Waals surface area contributed by atoms with Crippen LogP contribution in [0.1, 0.15) is 18.9 Å². The van der Waals surface area contributed by atoms with Gasteiger partial charge in [0.25, 0.3) is 0 Å². The molecule has 1 unspecified atom stereocenters. The van der Waals surface area contributed by atoms with Gasteiger partial charge in [-0.3, -0.25) is 14.9 Å². The van der Waals surface area contributed by atoms with Crippen molar-refractivity contribution in [1.29, 1.82) is 0 Å². The highest BCUT2D eigenvalue weighted by atomic mass is 79.9. The Morgan fingerprint density at radius 1 is 1.23 bits per heavy atom. The van der Waals surface area contributed by atoms with Crippen LogP contribution in [0.4, 0.5) is 0 Å². The summed E-state index contributed by atoms with van der Waals surface area (Å²) in [7, 11) is 0. The van der Waals surface area contributed by atoms with Crippen LogP contribution in [0.25, 0.3) is 21.9 Å². The molecule has 0 aliphatic carbocycles. The second-order valence-corrected chi connectivity index (χ2v) is 6.20. The Morgan fingerprint density at radius 3 is 2.86 bits per heavy atom. The third-order valence-corrected chi connectivity index (χ3v) is 4.72. The summed E-state index contributed by atoms with van der Waals surface area (Å²) >= 11 is 3.57. The zero-order valence-corrected chi connectivity index (χ0v) is 13.1. The van der Waals surface area contributed by atoms with Gasteiger partial charge >= 0.3 is 0 Å². The van der Waals surface area contributed by atoms with E-state index in [1.54, 1.807) is 6.20 Å². The number of aromatic nitrogens is 2. The van der Waals surface area contributed by atoms with Crippen LogP contribution in [0.3, 0.4) is 0 Å². The molecule has 2 amide bonds. The minimum atomic E-state index is -0.415. The second-order valence-electron chi connectivity index (χ2n) is 5.35. The average molecular weight is 358 g/mol. The van der Waals surface area contributed by atoms with Crippen LogP contribution in [0.5, 0.6) is 0 Å². The van der Waals surface area contributed by atoms with Crippen LogP contribution >= 0.6 is 15.9 Å². The second kappa shape index (κ2) is 4.91. The molecule has 0 bridgehead atoms. The molecule has 22 heavy (non-hydrogen) atoms. The summed E-state index contributed by atoms with van der Waals surface area (Å²) in [4.78, 5) is 28.2. The van der Waals surface area contributed by atoms with Crippen molar-refractivity contribution in [1.82, 2.24) is 14.9 Å². The van der Waals surface area contributed by atoms with E-state index >= 15 is 0 Å². The first-order chi connectivity index (χ1) is 10.7. The first kappa shape index (κ1) is 13.5. The predicted octanol–water partition coefficient (Wildman–Crippen LogP) is 2.93. The van der Waals surface area contributed by atoms with E-state index in [0.29, 0.717) is 12.8 Å². The third-order valence-electron chi connectivity index (χ3n) is 4.06. The lowest BCUT2D eigenvalue weighted by molar-refractivity contribution is -0.135. The molecule has 5 nitrogen and oxygen atoms in total. The lowest BCUT2D eigenvalue weighted by Crippen LogP contribution is -2.41. The highest BCUT2D eigenvalue weighted by Gasteiger charge is 2.31. The minimum Gasteiger partial charge on any atom is -0.313 e. The third kappa shape index (κ3) is 1.87. The topological polar surface area (TPSA) is 64.0 Å². The van der Waals surface area contributed by atoms with Crippen molar-refractivity contribution < 1.29 is 9.59 Å². The number of amides is 2. The molecule has 1 N–H and O–H groups in total. The summed E-state index contributed by atoms with van der Waals surface area (Å²) in [6, 6.07) is 9.39. The maximum Gasteiger partial charge on any atom is 0.249 e. The Kier molecular flexibility index (Phi) is 3.00.